The van der Waals surface area contributed by atoms with Gasteiger partial charge in [-0.3, -0.25) is 0 Å². The maximum absolute atomic E-state index is 13.9. The van der Waals surface area contributed by atoms with Gasteiger partial charge in [0.15, 0.2) is 0 Å². The van der Waals surface area contributed by atoms with Crippen LogP contribution < -0.4 is 0 Å². The molecule has 0 N–H and O–H groups in total. The summed E-state index contributed by atoms with van der Waals surface area (Å²) in [7, 11) is 0. The first-order valence-electron chi connectivity index (χ1n) is 5.69. The molecule has 1 aromatic carbocycles. The van der Waals surface area contributed by atoms with E-state index < -0.39 is 33.9 Å². The van der Waals surface area contributed by atoms with E-state index in [4.69, 9.17) is 0 Å². The lowest BCUT2D eigenvalue weighted by Gasteiger charge is -2.19. The van der Waals surface area contributed by atoms with Gasteiger partial charge < -0.3 is 4.55 Å². The van der Waals surface area contributed by atoms with Crippen molar-refractivity contribution in [3.8, 4) is 0 Å². The zero-order chi connectivity index (χ0) is 14.8. The van der Waals surface area contributed by atoms with Crippen LogP contribution in [-0.4, -0.2) is 15.0 Å². The third-order valence-electron chi connectivity index (χ3n) is 2.40. The van der Waals surface area contributed by atoms with Gasteiger partial charge in [-0.05, 0) is 27.7 Å². The van der Waals surface area contributed by atoms with E-state index in [1.54, 1.807) is 20.8 Å². The number of alkyl halides is 2. The summed E-state index contributed by atoms with van der Waals surface area (Å²) in [4.78, 5) is 0. The quantitative estimate of drug-likeness (QED) is 0.611. The summed E-state index contributed by atoms with van der Waals surface area (Å²) in [5, 5.41) is 0. The minimum atomic E-state index is -2.89. The van der Waals surface area contributed by atoms with Crippen LogP contribution in [0, 0.1) is 5.82 Å². The van der Waals surface area contributed by atoms with E-state index in [2.05, 4.69) is 4.40 Å². The van der Waals surface area contributed by atoms with Crippen molar-refractivity contribution in [3.05, 3.63) is 35.1 Å². The normalized spacial score (nSPS) is 14.9. The van der Waals surface area contributed by atoms with Crippen molar-refractivity contribution in [3.63, 3.8) is 0 Å². The summed E-state index contributed by atoms with van der Waals surface area (Å²) in [5.74, 6) is -1.01. The summed E-state index contributed by atoms with van der Waals surface area (Å²) in [6.07, 6.45) is -2.89. The Morgan fingerprint density at radius 1 is 1.32 bits per heavy atom. The van der Waals surface area contributed by atoms with Gasteiger partial charge in [0.05, 0.1) is 11.3 Å². The maximum atomic E-state index is 13.9. The molecule has 0 bridgehead atoms. The highest BCUT2D eigenvalue weighted by molar-refractivity contribution is 7.91. The van der Waals surface area contributed by atoms with Crippen LogP contribution in [0.5, 0.6) is 0 Å². The van der Waals surface area contributed by atoms with Crippen molar-refractivity contribution in [2.75, 3.05) is 0 Å². The second-order valence-corrected chi connectivity index (χ2v) is 6.95. The number of benzene rings is 1. The van der Waals surface area contributed by atoms with Crippen molar-refractivity contribution < 1.29 is 17.7 Å². The average Bonchev–Trinajstić information content (AvgIpc) is 2.27. The van der Waals surface area contributed by atoms with Crippen molar-refractivity contribution in [2.24, 2.45) is 4.40 Å². The van der Waals surface area contributed by atoms with Crippen molar-refractivity contribution >= 4 is 17.1 Å². The highest BCUT2D eigenvalue weighted by Crippen LogP contribution is 2.25. The average molecular weight is 291 g/mol. The lowest BCUT2D eigenvalue weighted by Crippen LogP contribution is -2.26. The van der Waals surface area contributed by atoms with Crippen LogP contribution in [0.3, 0.4) is 0 Å². The Morgan fingerprint density at radius 3 is 2.37 bits per heavy atom. The molecule has 0 aromatic heterocycles. The topological polar surface area (TPSA) is 35.4 Å². The van der Waals surface area contributed by atoms with E-state index in [0.29, 0.717) is 0 Å². The van der Waals surface area contributed by atoms with Gasteiger partial charge in [-0.1, -0.05) is 22.6 Å². The molecule has 1 aromatic rings. The second-order valence-electron chi connectivity index (χ2n) is 5.05. The molecule has 0 saturated carbocycles. The predicted molar refractivity (Wildman–Crippen MR) is 71.5 cm³/mol. The largest absolute Gasteiger partial charge is 0.591 e. The third-order valence-corrected chi connectivity index (χ3v) is 3.88. The first-order valence-corrected chi connectivity index (χ1v) is 6.79. The molecule has 1 rings (SSSR count). The zero-order valence-electron chi connectivity index (χ0n) is 11.2. The molecule has 106 valence electrons. The molecule has 1 atom stereocenters. The van der Waals surface area contributed by atoms with Gasteiger partial charge in [-0.15, -0.1) is 0 Å². The molecule has 0 aliphatic carbocycles. The number of nitrogens with zero attached hydrogens (tertiary/aromatic N) is 1. The summed E-state index contributed by atoms with van der Waals surface area (Å²) in [6.45, 7) is 6.64. The fourth-order valence-electron chi connectivity index (χ4n) is 1.31. The highest BCUT2D eigenvalue weighted by atomic mass is 32.2. The Balaban J connectivity index is 3.17. The van der Waals surface area contributed by atoms with Crippen LogP contribution in [0.2, 0.25) is 0 Å². The van der Waals surface area contributed by atoms with Gasteiger partial charge >= 0.3 is 0 Å². The number of hydrogen-bond donors (Lipinski definition) is 0. The molecule has 0 amide bonds. The minimum absolute atomic E-state index is 0.0459. The number of hydrogen-bond acceptors (Lipinski definition) is 2. The smallest absolute Gasteiger partial charge is 0.266 e. The predicted octanol–water partition coefficient (Wildman–Crippen LogP) is 4.03. The lowest BCUT2D eigenvalue weighted by molar-refractivity contribution is 0.146. The second kappa shape index (κ2) is 5.96. The van der Waals surface area contributed by atoms with Crippen LogP contribution in [0.15, 0.2) is 22.6 Å². The van der Waals surface area contributed by atoms with E-state index in [9.17, 15) is 17.7 Å². The molecule has 0 saturated heterocycles. The third kappa shape index (κ3) is 3.98. The zero-order valence-corrected chi connectivity index (χ0v) is 12.0. The fraction of sp³-hybridized carbons (Fsp3) is 0.462. The Hall–Kier alpha value is -1.01. The molecule has 0 spiro atoms. The Morgan fingerprint density at radius 2 is 1.89 bits per heavy atom. The first kappa shape index (κ1) is 16.0. The molecular weight excluding hydrogens is 275 g/mol. The Labute approximate surface area is 114 Å². The maximum Gasteiger partial charge on any atom is 0.266 e. The monoisotopic (exact) mass is 291 g/mol. The molecular formula is C13H16F3NOS. The molecule has 6 heteroatoms. The van der Waals surface area contributed by atoms with Crippen molar-refractivity contribution in [2.45, 2.75) is 38.9 Å². The van der Waals surface area contributed by atoms with Crippen LogP contribution in [0.25, 0.3) is 0 Å². The van der Waals surface area contributed by atoms with E-state index in [1.165, 1.54) is 19.1 Å². The van der Waals surface area contributed by atoms with Crippen LogP contribution in [0.1, 0.15) is 45.2 Å². The van der Waals surface area contributed by atoms with Gasteiger partial charge in [0.2, 0.25) is 0 Å². The molecule has 0 heterocycles. The Bertz CT molecular complexity index is 483. The van der Waals surface area contributed by atoms with E-state index in [0.717, 1.165) is 6.07 Å². The summed E-state index contributed by atoms with van der Waals surface area (Å²) in [5.41, 5.74) is -0.572. The molecule has 0 fully saturated rings. The standard InChI is InChI=1S/C13H16F3NOS/c1-8(17-19(18)13(2,3)4)9-6-5-7-10(11(9)14)12(15)16/h5-7,12H,1-4H3. The van der Waals surface area contributed by atoms with Gasteiger partial charge in [0, 0.05) is 5.56 Å². The van der Waals surface area contributed by atoms with Crippen LogP contribution in [0.4, 0.5) is 13.2 Å². The first-order chi connectivity index (χ1) is 8.64. The number of rotatable bonds is 3. The molecule has 0 aliphatic rings. The van der Waals surface area contributed by atoms with E-state index in [-0.39, 0.29) is 11.3 Å². The highest BCUT2D eigenvalue weighted by Gasteiger charge is 2.27. The fourth-order valence-corrected chi connectivity index (χ4v) is 1.93. The summed E-state index contributed by atoms with van der Waals surface area (Å²) in [6, 6.07) is 3.70. The van der Waals surface area contributed by atoms with E-state index in [1.807, 2.05) is 0 Å². The van der Waals surface area contributed by atoms with Gasteiger partial charge in [0.1, 0.15) is 21.9 Å². The van der Waals surface area contributed by atoms with Gasteiger partial charge in [-0.25, -0.2) is 13.2 Å². The molecule has 2 nitrogen and oxygen atoms in total. The lowest BCUT2D eigenvalue weighted by atomic mass is 10.1. The molecule has 0 aliphatic heterocycles. The van der Waals surface area contributed by atoms with Gasteiger partial charge in [0.25, 0.3) is 6.43 Å². The van der Waals surface area contributed by atoms with Crippen LogP contribution >= 0.6 is 0 Å². The van der Waals surface area contributed by atoms with E-state index >= 15 is 0 Å². The Kier molecular flexibility index (Phi) is 5.04. The summed E-state index contributed by atoms with van der Waals surface area (Å²) >= 11 is -1.56. The summed E-state index contributed by atoms with van der Waals surface area (Å²) < 4.78 is 54.2. The SMILES string of the molecule is CC(=N[S+]([O-])C(C)(C)C)c1cccc(C(F)F)c1F. The van der Waals surface area contributed by atoms with Crippen molar-refractivity contribution in [1.29, 1.82) is 0 Å². The molecule has 1 unspecified atom stereocenters. The number of halogens is 3. The van der Waals surface area contributed by atoms with Crippen LogP contribution in [-0.2, 0) is 11.4 Å². The molecule has 0 radical (unpaired) electrons. The minimum Gasteiger partial charge on any atom is -0.591 e. The molecule has 19 heavy (non-hydrogen) atoms. The van der Waals surface area contributed by atoms with Crippen molar-refractivity contribution in [1.82, 2.24) is 0 Å². The van der Waals surface area contributed by atoms with Gasteiger partial charge in [-0.2, -0.15) is 0 Å².